The number of rotatable bonds is 5. The standard InChI is InChI=1S/C12H17N3/c1-4-8-15(9-5-2)12-11(13)10(3)6-7-14-12/h4-7H,1-2,8-9,13H2,3H3. The molecule has 1 rings (SSSR count). The van der Waals surface area contributed by atoms with Crippen LogP contribution >= 0.6 is 0 Å². The molecule has 1 heterocycles. The van der Waals surface area contributed by atoms with Crippen LogP contribution in [0.2, 0.25) is 0 Å². The van der Waals surface area contributed by atoms with Gasteiger partial charge in [0.15, 0.2) is 5.82 Å². The summed E-state index contributed by atoms with van der Waals surface area (Å²) in [4.78, 5) is 6.31. The van der Waals surface area contributed by atoms with E-state index in [4.69, 9.17) is 5.73 Å². The molecule has 0 aliphatic rings. The summed E-state index contributed by atoms with van der Waals surface area (Å²) in [6.45, 7) is 10.8. The first kappa shape index (κ1) is 11.3. The summed E-state index contributed by atoms with van der Waals surface area (Å²) in [5.74, 6) is 0.801. The van der Waals surface area contributed by atoms with Crippen LogP contribution in [0, 0.1) is 6.92 Å². The van der Waals surface area contributed by atoms with Crippen LogP contribution in [0.25, 0.3) is 0 Å². The SMILES string of the molecule is C=CCN(CC=C)c1nccc(C)c1N. The van der Waals surface area contributed by atoms with Gasteiger partial charge in [-0.3, -0.25) is 0 Å². The van der Waals surface area contributed by atoms with Gasteiger partial charge in [-0.2, -0.15) is 0 Å². The normalized spacial score (nSPS) is 9.67. The Kier molecular flexibility index (Phi) is 3.92. The van der Waals surface area contributed by atoms with Gasteiger partial charge < -0.3 is 10.6 Å². The Balaban J connectivity index is 3.04. The minimum absolute atomic E-state index is 0.715. The Bertz CT molecular complexity index is 348. The molecular weight excluding hydrogens is 186 g/mol. The van der Waals surface area contributed by atoms with E-state index in [0.717, 1.165) is 17.1 Å². The molecule has 0 aliphatic heterocycles. The molecule has 1 aromatic rings. The van der Waals surface area contributed by atoms with Crippen molar-refractivity contribution in [1.82, 2.24) is 4.98 Å². The Morgan fingerprint density at radius 1 is 1.40 bits per heavy atom. The van der Waals surface area contributed by atoms with Gasteiger partial charge in [-0.25, -0.2) is 4.98 Å². The number of aryl methyl sites for hydroxylation is 1. The number of nitrogen functional groups attached to an aromatic ring is 1. The molecule has 0 saturated carbocycles. The van der Waals surface area contributed by atoms with Crippen molar-refractivity contribution in [2.24, 2.45) is 0 Å². The highest BCUT2D eigenvalue weighted by Crippen LogP contribution is 2.22. The Labute approximate surface area is 90.9 Å². The number of nitrogens with two attached hydrogens (primary N) is 1. The molecule has 0 radical (unpaired) electrons. The Morgan fingerprint density at radius 3 is 2.53 bits per heavy atom. The van der Waals surface area contributed by atoms with Gasteiger partial charge in [0.25, 0.3) is 0 Å². The molecule has 0 spiro atoms. The average molecular weight is 203 g/mol. The van der Waals surface area contributed by atoms with Crippen molar-refractivity contribution in [3.05, 3.63) is 43.1 Å². The van der Waals surface area contributed by atoms with Crippen LogP contribution in [-0.4, -0.2) is 18.1 Å². The minimum Gasteiger partial charge on any atom is -0.396 e. The van der Waals surface area contributed by atoms with Crippen LogP contribution in [0.3, 0.4) is 0 Å². The summed E-state index contributed by atoms with van der Waals surface area (Å²) in [7, 11) is 0. The van der Waals surface area contributed by atoms with E-state index in [9.17, 15) is 0 Å². The fourth-order valence-electron chi connectivity index (χ4n) is 1.37. The second kappa shape index (κ2) is 5.20. The second-order valence-electron chi connectivity index (χ2n) is 3.35. The third kappa shape index (κ3) is 2.59. The fraction of sp³-hybridized carbons (Fsp3) is 0.250. The van der Waals surface area contributed by atoms with E-state index in [1.807, 2.05) is 30.0 Å². The van der Waals surface area contributed by atoms with E-state index in [2.05, 4.69) is 18.1 Å². The van der Waals surface area contributed by atoms with E-state index in [1.165, 1.54) is 0 Å². The smallest absolute Gasteiger partial charge is 0.152 e. The first-order valence-corrected chi connectivity index (χ1v) is 4.88. The highest BCUT2D eigenvalue weighted by atomic mass is 15.2. The molecule has 80 valence electrons. The van der Waals surface area contributed by atoms with Crippen molar-refractivity contribution >= 4 is 11.5 Å². The number of nitrogens with zero attached hydrogens (tertiary/aromatic N) is 2. The minimum atomic E-state index is 0.715. The monoisotopic (exact) mass is 203 g/mol. The highest BCUT2D eigenvalue weighted by molar-refractivity contribution is 5.66. The van der Waals surface area contributed by atoms with E-state index >= 15 is 0 Å². The summed E-state index contributed by atoms with van der Waals surface area (Å²) in [6, 6.07) is 1.90. The molecule has 0 saturated heterocycles. The zero-order chi connectivity index (χ0) is 11.3. The summed E-state index contributed by atoms with van der Waals surface area (Å²) in [5, 5.41) is 0. The van der Waals surface area contributed by atoms with Crippen LogP contribution in [0.15, 0.2) is 37.6 Å². The van der Waals surface area contributed by atoms with Gasteiger partial charge in [0.05, 0.1) is 5.69 Å². The lowest BCUT2D eigenvalue weighted by molar-refractivity contribution is 0.927. The van der Waals surface area contributed by atoms with Crippen LogP contribution in [0.5, 0.6) is 0 Å². The molecule has 3 heteroatoms. The molecule has 0 unspecified atom stereocenters. The van der Waals surface area contributed by atoms with Crippen molar-refractivity contribution in [3.8, 4) is 0 Å². The molecular formula is C12H17N3. The van der Waals surface area contributed by atoms with Gasteiger partial charge >= 0.3 is 0 Å². The van der Waals surface area contributed by atoms with Gasteiger partial charge in [0.2, 0.25) is 0 Å². The molecule has 3 nitrogen and oxygen atoms in total. The lowest BCUT2D eigenvalue weighted by Gasteiger charge is -2.22. The number of anilines is 2. The number of pyridine rings is 1. The molecule has 0 fully saturated rings. The summed E-state index contributed by atoms with van der Waals surface area (Å²) in [5.41, 5.74) is 7.73. The first-order chi connectivity index (χ1) is 7.20. The zero-order valence-electron chi connectivity index (χ0n) is 9.11. The van der Waals surface area contributed by atoms with Gasteiger partial charge in [-0.15, -0.1) is 13.2 Å². The predicted octanol–water partition coefficient (Wildman–Crippen LogP) is 2.15. The predicted molar refractivity (Wildman–Crippen MR) is 66.0 cm³/mol. The van der Waals surface area contributed by atoms with E-state index in [0.29, 0.717) is 13.1 Å². The maximum absolute atomic E-state index is 5.97. The largest absolute Gasteiger partial charge is 0.396 e. The average Bonchev–Trinajstić information content (AvgIpc) is 2.22. The molecule has 2 N–H and O–H groups in total. The maximum atomic E-state index is 5.97. The molecule has 0 bridgehead atoms. The Morgan fingerprint density at radius 2 is 2.00 bits per heavy atom. The summed E-state index contributed by atoms with van der Waals surface area (Å²) >= 11 is 0. The summed E-state index contributed by atoms with van der Waals surface area (Å²) in [6.07, 6.45) is 5.42. The number of hydrogen-bond donors (Lipinski definition) is 1. The Hall–Kier alpha value is -1.77. The van der Waals surface area contributed by atoms with Crippen LogP contribution in [0.4, 0.5) is 11.5 Å². The zero-order valence-corrected chi connectivity index (χ0v) is 9.11. The molecule has 0 amide bonds. The maximum Gasteiger partial charge on any atom is 0.152 e. The molecule has 0 aliphatic carbocycles. The first-order valence-electron chi connectivity index (χ1n) is 4.88. The molecule has 0 aromatic carbocycles. The third-order valence-electron chi connectivity index (χ3n) is 2.19. The number of hydrogen-bond acceptors (Lipinski definition) is 3. The molecule has 0 atom stereocenters. The van der Waals surface area contributed by atoms with Crippen LogP contribution in [0.1, 0.15) is 5.56 Å². The highest BCUT2D eigenvalue weighted by Gasteiger charge is 2.09. The summed E-state index contributed by atoms with van der Waals surface area (Å²) < 4.78 is 0. The van der Waals surface area contributed by atoms with Crippen molar-refractivity contribution < 1.29 is 0 Å². The quantitative estimate of drug-likeness (QED) is 0.746. The van der Waals surface area contributed by atoms with Crippen molar-refractivity contribution in [3.63, 3.8) is 0 Å². The van der Waals surface area contributed by atoms with Crippen molar-refractivity contribution in [2.75, 3.05) is 23.7 Å². The van der Waals surface area contributed by atoms with Gasteiger partial charge in [0, 0.05) is 19.3 Å². The van der Waals surface area contributed by atoms with Crippen molar-refractivity contribution in [1.29, 1.82) is 0 Å². The van der Waals surface area contributed by atoms with Crippen LogP contribution < -0.4 is 10.6 Å². The van der Waals surface area contributed by atoms with Gasteiger partial charge in [-0.1, -0.05) is 12.2 Å². The topological polar surface area (TPSA) is 42.2 Å². The van der Waals surface area contributed by atoms with E-state index in [-0.39, 0.29) is 0 Å². The third-order valence-corrected chi connectivity index (χ3v) is 2.19. The van der Waals surface area contributed by atoms with Crippen LogP contribution in [-0.2, 0) is 0 Å². The van der Waals surface area contributed by atoms with Gasteiger partial charge in [0.1, 0.15) is 0 Å². The second-order valence-corrected chi connectivity index (χ2v) is 3.35. The van der Waals surface area contributed by atoms with E-state index < -0.39 is 0 Å². The lowest BCUT2D eigenvalue weighted by atomic mass is 10.2. The lowest BCUT2D eigenvalue weighted by Crippen LogP contribution is -2.25. The van der Waals surface area contributed by atoms with Crippen molar-refractivity contribution in [2.45, 2.75) is 6.92 Å². The van der Waals surface area contributed by atoms with E-state index in [1.54, 1.807) is 6.20 Å². The van der Waals surface area contributed by atoms with Gasteiger partial charge in [-0.05, 0) is 18.6 Å². The molecule has 1 aromatic heterocycles. The molecule has 15 heavy (non-hydrogen) atoms. The number of aromatic nitrogens is 1. The fourth-order valence-corrected chi connectivity index (χ4v) is 1.37.